The van der Waals surface area contributed by atoms with E-state index < -0.39 is 0 Å². The van der Waals surface area contributed by atoms with Crippen LogP contribution in [-0.2, 0) is 16.0 Å². The van der Waals surface area contributed by atoms with Gasteiger partial charge in [-0.1, -0.05) is 72.6 Å². The number of fused-ring (bicyclic) bond motifs is 7. The Morgan fingerprint density at radius 2 is 1.74 bits per heavy atom. The van der Waals surface area contributed by atoms with Gasteiger partial charge in [0.15, 0.2) is 5.78 Å². The van der Waals surface area contributed by atoms with Crippen molar-refractivity contribution in [3.8, 4) is 0 Å². The Kier molecular flexibility index (Phi) is 8.07. The molecule has 0 radical (unpaired) electrons. The Morgan fingerprint density at radius 1 is 1.02 bits per heavy atom. The minimum absolute atomic E-state index is 0. The third-order valence-electron chi connectivity index (χ3n) is 9.08. The normalized spacial score (nSPS) is 23.2. The maximum atomic E-state index is 13.4. The zero-order chi connectivity index (χ0) is 29.2. The maximum Gasteiger partial charge on any atom is 2.00 e. The van der Waals surface area contributed by atoms with Crippen molar-refractivity contribution in [1.82, 2.24) is 15.0 Å². The molecule has 2 aliphatic heterocycles. The fourth-order valence-electron chi connectivity index (χ4n) is 6.64. The molecule has 5 heterocycles. The van der Waals surface area contributed by atoms with Gasteiger partial charge in [0.05, 0.1) is 7.11 Å². The van der Waals surface area contributed by atoms with E-state index in [-0.39, 0.29) is 59.5 Å². The molecule has 212 valence electrons. The summed E-state index contributed by atoms with van der Waals surface area (Å²) in [5.74, 6) is -0.233. The molecule has 0 unspecified atom stereocenters. The number of esters is 1. The zero-order valence-electron chi connectivity index (χ0n) is 25.2. The van der Waals surface area contributed by atoms with Gasteiger partial charge in [0.25, 0.3) is 0 Å². The van der Waals surface area contributed by atoms with Crippen molar-refractivity contribution < 1.29 is 14.3 Å². The second-order valence-corrected chi connectivity index (χ2v) is 11.3. The van der Waals surface area contributed by atoms with Crippen LogP contribution in [0.2, 0.25) is 0 Å². The van der Waals surface area contributed by atoms with Crippen molar-refractivity contribution in [2.75, 3.05) is 7.11 Å². The van der Waals surface area contributed by atoms with Crippen molar-refractivity contribution in [3.05, 3.63) is 90.1 Å². The molecule has 1 aliphatic carbocycles. The van der Waals surface area contributed by atoms with E-state index in [0.29, 0.717) is 17.7 Å². The minimum Gasteiger partial charge on any atom is -0.664 e. The molecule has 0 aromatic carbocycles. The summed E-state index contributed by atoms with van der Waals surface area (Å²) in [6.45, 7) is 14.4. The molecule has 3 aromatic heterocycles. The average molecular weight is 571 g/mol. The molecule has 0 amide bonds. The molecule has 3 aliphatic rings. The van der Waals surface area contributed by atoms with Crippen LogP contribution >= 0.6 is 0 Å². The van der Waals surface area contributed by atoms with Crippen LogP contribution in [0, 0.1) is 32.6 Å². The number of nitrogens with zero attached hydrogens (tertiary/aromatic N) is 4. The first kappa shape index (κ1) is 30.0. The summed E-state index contributed by atoms with van der Waals surface area (Å²) in [6.07, 6.45) is 9.87. The monoisotopic (exact) mass is 570 g/mol. The number of hydrogen-bond acceptors (Lipinski definition) is 3. The molecular weight excluding hydrogens is 537 g/mol. The Balaban J connectivity index is 0.00000353. The van der Waals surface area contributed by atoms with E-state index >= 15 is 0 Å². The van der Waals surface area contributed by atoms with Crippen molar-refractivity contribution in [1.29, 1.82) is 0 Å². The van der Waals surface area contributed by atoms with Crippen molar-refractivity contribution in [2.24, 2.45) is 11.8 Å². The standard InChI is InChI=1S/C34H35N4O3.Mg/c1-8-20-16(3)24-13-26-18(5)22(10-11-31(40)41-7)33(37-26)23-12-30(39)32-19(6)27(38-34(23)32)15-29-21(9-2)17(4)25(36-29)14-28(20)35-24;/h8,13-15,18,22H,1,9-12H2,2-7H3,(H-,37,38,39);/q-3;+2/p-1/b25-14-,26-13-,29-15-;/t18-,22-;/m0./s1. The number of allylic oxidation sites excluding steroid dienone is 3. The van der Waals surface area contributed by atoms with Crippen LogP contribution in [0.15, 0.2) is 18.0 Å². The Morgan fingerprint density at radius 3 is 2.43 bits per heavy atom. The molecule has 3 aromatic rings. The summed E-state index contributed by atoms with van der Waals surface area (Å²) in [7, 11) is 1.41. The van der Waals surface area contributed by atoms with Crippen LogP contribution in [-0.4, -0.2) is 41.9 Å². The summed E-state index contributed by atoms with van der Waals surface area (Å²) < 4.78 is 4.95. The van der Waals surface area contributed by atoms with Crippen molar-refractivity contribution >= 4 is 64.7 Å². The van der Waals surface area contributed by atoms with Gasteiger partial charge in [0.2, 0.25) is 0 Å². The number of ether oxygens (including phenoxy) is 1. The SMILES string of the molecule is C=Cc1c2[n-]c(c1C)/C=C1\[N-]/C(=C3/CC(=O)c4c3[n-]c(c4C)/C=c3\[n-]/c(c(C)c3CC)=C\2)[C@@H](CCC(=O)OC)[C@@H]1C.[Mg+2]. The summed E-state index contributed by atoms with van der Waals surface area (Å²) in [4.78, 5) is 40.6. The van der Waals surface area contributed by atoms with Crippen LogP contribution < -0.4 is 25.7 Å². The molecule has 8 heteroatoms. The van der Waals surface area contributed by atoms with E-state index in [9.17, 15) is 9.59 Å². The van der Waals surface area contributed by atoms with Gasteiger partial charge in [-0.3, -0.25) is 9.59 Å². The van der Waals surface area contributed by atoms with Crippen molar-refractivity contribution in [3.63, 3.8) is 0 Å². The number of carbonyl (C=O) groups is 2. The van der Waals surface area contributed by atoms with Crippen LogP contribution in [0.25, 0.3) is 35.2 Å². The van der Waals surface area contributed by atoms with Crippen LogP contribution in [0.3, 0.4) is 0 Å². The van der Waals surface area contributed by atoms with Crippen LogP contribution in [0.1, 0.15) is 94.1 Å². The maximum absolute atomic E-state index is 13.4. The number of carbonyl (C=O) groups excluding carboxylic acids is 2. The Labute approximate surface area is 262 Å². The Hall–Kier alpha value is -3.49. The Bertz CT molecular complexity index is 1830. The summed E-state index contributed by atoms with van der Waals surface area (Å²) >= 11 is 0. The molecule has 0 saturated carbocycles. The van der Waals surface area contributed by atoms with E-state index in [1.54, 1.807) is 0 Å². The third-order valence-corrected chi connectivity index (χ3v) is 9.08. The first-order valence-electron chi connectivity index (χ1n) is 14.3. The molecule has 0 N–H and O–H groups in total. The van der Waals surface area contributed by atoms with E-state index in [4.69, 9.17) is 25.0 Å². The second-order valence-electron chi connectivity index (χ2n) is 11.3. The molecule has 6 rings (SSSR count). The van der Waals surface area contributed by atoms with E-state index in [1.165, 1.54) is 7.11 Å². The van der Waals surface area contributed by atoms with Gasteiger partial charge in [-0.2, -0.15) is 11.4 Å². The van der Waals surface area contributed by atoms with Gasteiger partial charge in [-0.05, 0) is 51.0 Å². The molecule has 8 bridgehead atoms. The first-order chi connectivity index (χ1) is 19.7. The third kappa shape index (κ3) is 4.65. The number of hydrogen-bond donors (Lipinski definition) is 0. The smallest absolute Gasteiger partial charge is 0.664 e. The number of aromatic nitrogens is 3. The predicted molar refractivity (Wildman–Crippen MR) is 166 cm³/mol. The quantitative estimate of drug-likeness (QED) is 0.337. The largest absolute Gasteiger partial charge is 2.00 e. The molecule has 42 heavy (non-hydrogen) atoms. The molecule has 1 saturated heterocycles. The van der Waals surface area contributed by atoms with Gasteiger partial charge in [-0.15, -0.1) is 33.5 Å². The van der Waals surface area contributed by atoms with Crippen LogP contribution in [0.4, 0.5) is 0 Å². The summed E-state index contributed by atoms with van der Waals surface area (Å²) in [6, 6.07) is 0. The second kappa shape index (κ2) is 11.3. The number of rotatable bonds is 5. The van der Waals surface area contributed by atoms with Gasteiger partial charge in [-0.25, -0.2) is 0 Å². The van der Waals surface area contributed by atoms with Gasteiger partial charge < -0.3 is 25.0 Å². The molecular formula is C34H34MgN4O3-2. The van der Waals surface area contributed by atoms with E-state index in [0.717, 1.165) is 79.0 Å². The molecule has 7 nitrogen and oxygen atoms in total. The topological polar surface area (TPSA) is 99.8 Å². The average Bonchev–Trinajstić information content (AvgIpc) is 3.70. The van der Waals surface area contributed by atoms with Gasteiger partial charge in [0, 0.05) is 18.4 Å². The van der Waals surface area contributed by atoms with Crippen molar-refractivity contribution in [2.45, 2.75) is 60.3 Å². The number of ketones is 1. The molecule has 1 fully saturated rings. The first-order valence-corrected chi connectivity index (χ1v) is 14.3. The number of Topliss-reactive ketones (excluding diaryl/α,β-unsaturated/α-hetero) is 1. The fraction of sp³-hybridized carbons (Fsp3) is 0.353. The number of methoxy groups -OCH3 is 1. The summed E-state index contributed by atoms with van der Waals surface area (Å²) in [5.41, 5.74) is 11.5. The summed E-state index contributed by atoms with van der Waals surface area (Å²) in [5, 5.41) is 6.89. The molecule has 2 atom stereocenters. The van der Waals surface area contributed by atoms with Gasteiger partial charge in [0.1, 0.15) is 0 Å². The van der Waals surface area contributed by atoms with Crippen LogP contribution in [0.5, 0.6) is 0 Å². The minimum atomic E-state index is -0.257. The fourth-order valence-corrected chi connectivity index (χ4v) is 6.64. The molecule has 0 spiro atoms. The zero-order valence-corrected chi connectivity index (χ0v) is 26.6. The van der Waals surface area contributed by atoms with E-state index in [1.807, 2.05) is 31.2 Å². The van der Waals surface area contributed by atoms with Gasteiger partial charge >= 0.3 is 29.0 Å². The van der Waals surface area contributed by atoms with E-state index in [2.05, 4.69) is 34.3 Å². The predicted octanol–water partition coefficient (Wildman–Crippen LogP) is 4.21.